The lowest BCUT2D eigenvalue weighted by atomic mass is 9.91. The first-order chi connectivity index (χ1) is 15.4. The monoisotopic (exact) mass is 450 g/mol. The van der Waals surface area contributed by atoms with Crippen LogP contribution in [0.1, 0.15) is 35.2 Å². The van der Waals surface area contributed by atoms with Gasteiger partial charge in [0.25, 0.3) is 0 Å². The van der Waals surface area contributed by atoms with Crippen LogP contribution in [0.3, 0.4) is 0 Å². The first-order valence-corrected chi connectivity index (χ1v) is 11.5. The fraction of sp³-hybridized carbons (Fsp3) is 0.292. The van der Waals surface area contributed by atoms with E-state index in [2.05, 4.69) is 20.6 Å². The molecule has 1 aliphatic rings. The van der Waals surface area contributed by atoms with Crippen molar-refractivity contribution in [2.24, 2.45) is 0 Å². The predicted molar refractivity (Wildman–Crippen MR) is 126 cm³/mol. The summed E-state index contributed by atoms with van der Waals surface area (Å²) in [5.41, 5.74) is 6.84. The first-order valence-electron chi connectivity index (χ1n) is 10.5. The quantitative estimate of drug-likeness (QED) is 0.381. The number of benzene rings is 2. The maximum absolute atomic E-state index is 13.0. The molecule has 0 aliphatic carbocycles. The van der Waals surface area contributed by atoms with Crippen LogP contribution in [0.4, 0.5) is 4.79 Å². The van der Waals surface area contributed by atoms with Gasteiger partial charge in [0.05, 0.1) is 29.3 Å². The number of esters is 1. The molecule has 1 aromatic heterocycles. The molecule has 0 bridgehead atoms. The zero-order valence-electron chi connectivity index (χ0n) is 18.5. The number of carbonyl (C=O) groups excluding carboxylic acids is 2. The number of ether oxygens (including phenoxy) is 1. The van der Waals surface area contributed by atoms with E-state index >= 15 is 0 Å². The minimum Gasteiger partial charge on any atom is -0.463 e. The molecule has 2 amide bonds. The van der Waals surface area contributed by atoms with E-state index in [1.807, 2.05) is 57.2 Å². The van der Waals surface area contributed by atoms with E-state index in [1.54, 1.807) is 6.92 Å². The zero-order valence-corrected chi connectivity index (χ0v) is 19.4. The molecule has 0 spiro atoms. The van der Waals surface area contributed by atoms with Crippen molar-refractivity contribution < 1.29 is 14.3 Å². The second-order valence-electron chi connectivity index (χ2n) is 7.86. The Kier molecular flexibility index (Phi) is 6.23. The molecular formula is C24H26N4O3S. The van der Waals surface area contributed by atoms with Crippen LogP contribution in [0.15, 0.2) is 52.8 Å². The summed E-state index contributed by atoms with van der Waals surface area (Å²) in [6.45, 7) is 8.00. The lowest BCUT2D eigenvalue weighted by Gasteiger charge is -2.30. The second kappa shape index (κ2) is 9.08. The molecule has 2 aromatic carbocycles. The highest BCUT2D eigenvalue weighted by molar-refractivity contribution is 7.99. The van der Waals surface area contributed by atoms with Gasteiger partial charge in [-0.05, 0) is 56.5 Å². The summed E-state index contributed by atoms with van der Waals surface area (Å²) in [6.07, 6.45) is 0. The Labute approximate surface area is 191 Å². The summed E-state index contributed by atoms with van der Waals surface area (Å²) >= 11 is 1.43. The molecule has 2 heterocycles. The topological polar surface area (TPSA) is 96.1 Å². The molecule has 0 radical (unpaired) electrons. The highest BCUT2D eigenvalue weighted by Crippen LogP contribution is 2.32. The molecule has 0 unspecified atom stereocenters. The van der Waals surface area contributed by atoms with Gasteiger partial charge in [-0.1, -0.05) is 41.6 Å². The molecule has 0 saturated heterocycles. The molecular weight excluding hydrogens is 424 g/mol. The zero-order chi connectivity index (χ0) is 22.8. The van der Waals surface area contributed by atoms with E-state index in [0.29, 0.717) is 17.0 Å². The summed E-state index contributed by atoms with van der Waals surface area (Å²) in [5.74, 6) is -0.0800. The van der Waals surface area contributed by atoms with Crippen molar-refractivity contribution in [2.45, 2.75) is 38.9 Å². The summed E-state index contributed by atoms with van der Waals surface area (Å²) in [4.78, 5) is 33.4. The van der Waals surface area contributed by atoms with Crippen molar-refractivity contribution in [2.75, 3.05) is 12.4 Å². The van der Waals surface area contributed by atoms with E-state index in [9.17, 15) is 9.59 Å². The van der Waals surface area contributed by atoms with Crippen molar-refractivity contribution in [3.8, 4) is 0 Å². The van der Waals surface area contributed by atoms with Gasteiger partial charge in [-0.2, -0.15) is 0 Å². The summed E-state index contributed by atoms with van der Waals surface area (Å²) in [5, 5.41) is 6.44. The van der Waals surface area contributed by atoms with Gasteiger partial charge in [0.2, 0.25) is 0 Å². The molecule has 0 saturated carbocycles. The Morgan fingerprint density at radius 2 is 1.88 bits per heavy atom. The van der Waals surface area contributed by atoms with Crippen LogP contribution < -0.4 is 10.6 Å². The maximum Gasteiger partial charge on any atom is 0.338 e. The highest BCUT2D eigenvalue weighted by Gasteiger charge is 2.34. The van der Waals surface area contributed by atoms with E-state index in [4.69, 9.17) is 4.74 Å². The van der Waals surface area contributed by atoms with Crippen molar-refractivity contribution in [1.29, 1.82) is 0 Å². The number of nitrogens with zero attached hydrogens (tertiary/aromatic N) is 1. The molecule has 7 nitrogen and oxygen atoms in total. The number of thioether (sulfide) groups is 1. The third kappa shape index (κ3) is 4.50. The number of aryl methyl sites for hydroxylation is 3. The van der Waals surface area contributed by atoms with Crippen molar-refractivity contribution >= 4 is 34.8 Å². The molecule has 32 heavy (non-hydrogen) atoms. The van der Waals surface area contributed by atoms with E-state index in [1.165, 1.54) is 11.8 Å². The number of rotatable bonds is 6. The molecule has 3 aromatic rings. The summed E-state index contributed by atoms with van der Waals surface area (Å²) in [7, 11) is 0. The molecule has 166 valence electrons. The largest absolute Gasteiger partial charge is 0.463 e. The fourth-order valence-electron chi connectivity index (χ4n) is 3.79. The van der Waals surface area contributed by atoms with E-state index in [0.717, 1.165) is 38.4 Å². The van der Waals surface area contributed by atoms with Gasteiger partial charge in [-0.3, -0.25) is 0 Å². The molecule has 1 aliphatic heterocycles. The number of hydrogen-bond donors (Lipinski definition) is 3. The molecule has 8 heteroatoms. The third-order valence-electron chi connectivity index (χ3n) is 5.36. The average Bonchev–Trinajstić information content (AvgIpc) is 3.15. The number of hydrogen-bond acceptors (Lipinski definition) is 5. The van der Waals surface area contributed by atoms with Crippen LogP contribution in [0.5, 0.6) is 0 Å². The number of H-pyrrole nitrogens is 1. The van der Waals surface area contributed by atoms with Crippen LogP contribution in [0.25, 0.3) is 11.0 Å². The summed E-state index contributed by atoms with van der Waals surface area (Å²) in [6, 6.07) is 11.1. The van der Waals surface area contributed by atoms with Gasteiger partial charge < -0.3 is 20.4 Å². The number of aromatic nitrogens is 2. The van der Waals surface area contributed by atoms with Crippen LogP contribution >= 0.6 is 11.8 Å². The van der Waals surface area contributed by atoms with Crippen molar-refractivity contribution in [3.63, 3.8) is 0 Å². The van der Waals surface area contributed by atoms with Gasteiger partial charge >= 0.3 is 12.0 Å². The smallest absolute Gasteiger partial charge is 0.338 e. The number of imidazole rings is 1. The summed E-state index contributed by atoms with van der Waals surface area (Å²) < 4.78 is 5.36. The van der Waals surface area contributed by atoms with Crippen LogP contribution in [-0.4, -0.2) is 34.3 Å². The minimum absolute atomic E-state index is 0.249. The molecule has 1 atom stereocenters. The van der Waals surface area contributed by atoms with Gasteiger partial charge in [0.1, 0.15) is 0 Å². The minimum atomic E-state index is -0.586. The molecule has 0 fully saturated rings. The van der Waals surface area contributed by atoms with Crippen LogP contribution in [0.2, 0.25) is 0 Å². The number of nitrogens with one attached hydrogen (secondary N) is 3. The van der Waals surface area contributed by atoms with Crippen LogP contribution in [-0.2, 0) is 9.53 Å². The molecule has 4 rings (SSSR count). The normalized spacial score (nSPS) is 16.1. The van der Waals surface area contributed by atoms with E-state index in [-0.39, 0.29) is 12.6 Å². The maximum atomic E-state index is 13.0. The highest BCUT2D eigenvalue weighted by atomic mass is 32.2. The number of urea groups is 1. The van der Waals surface area contributed by atoms with Crippen molar-refractivity contribution in [1.82, 2.24) is 20.6 Å². The Hall–Kier alpha value is -3.26. The van der Waals surface area contributed by atoms with Gasteiger partial charge in [0, 0.05) is 11.4 Å². The third-order valence-corrected chi connectivity index (χ3v) is 6.26. The van der Waals surface area contributed by atoms with Gasteiger partial charge in [0.15, 0.2) is 5.16 Å². The number of carbonyl (C=O) groups is 2. The molecule has 3 N–H and O–H groups in total. The fourth-order valence-corrected chi connectivity index (χ4v) is 4.65. The average molecular weight is 451 g/mol. The van der Waals surface area contributed by atoms with Gasteiger partial charge in [-0.15, -0.1) is 0 Å². The Balaban J connectivity index is 1.71. The SMILES string of the molecule is CCOC(=O)C1=C(CSc2nc3ccc(C)cc3[nH]2)NC(=O)N[C@H]1c1cc(C)ccc1C. The first kappa shape index (κ1) is 22.0. The number of amides is 2. The number of fused-ring (bicyclic) bond motifs is 1. The van der Waals surface area contributed by atoms with E-state index < -0.39 is 12.0 Å². The Bertz CT molecular complexity index is 1230. The van der Waals surface area contributed by atoms with Gasteiger partial charge in [-0.25, -0.2) is 14.6 Å². The Morgan fingerprint density at radius 1 is 1.12 bits per heavy atom. The number of aromatic amines is 1. The van der Waals surface area contributed by atoms with Crippen molar-refractivity contribution in [3.05, 3.63) is 69.9 Å². The van der Waals surface area contributed by atoms with Crippen LogP contribution in [0, 0.1) is 20.8 Å². The predicted octanol–water partition coefficient (Wildman–Crippen LogP) is 4.45. The Morgan fingerprint density at radius 3 is 2.66 bits per heavy atom. The second-order valence-corrected chi connectivity index (χ2v) is 8.82. The standard InChI is InChI=1S/C24H26N4O3S/c1-5-31-22(29)20-19(12-32-24-26-17-9-7-14(3)11-18(17)27-24)25-23(30)28-21(20)16-10-13(2)6-8-15(16)4/h6-11,21H,5,12H2,1-4H3,(H,26,27)(H2,25,28,30)/t21-/m0/s1. The lowest BCUT2D eigenvalue weighted by Crippen LogP contribution is -2.46. The lowest BCUT2D eigenvalue weighted by molar-refractivity contribution is -0.139.